The van der Waals surface area contributed by atoms with Crippen molar-refractivity contribution in [1.82, 2.24) is 4.90 Å². The molecule has 0 aromatic heterocycles. The number of alkyl halides is 3. The van der Waals surface area contributed by atoms with Crippen molar-refractivity contribution in [3.8, 4) is 0 Å². The van der Waals surface area contributed by atoms with Crippen LogP contribution < -0.4 is 0 Å². The van der Waals surface area contributed by atoms with Gasteiger partial charge in [0.15, 0.2) is 0 Å². The molecule has 0 spiro atoms. The molecular formula is C13H22F3NO5S. The molecule has 0 bridgehead atoms. The highest BCUT2D eigenvalue weighted by Crippen LogP contribution is 2.31. The summed E-state index contributed by atoms with van der Waals surface area (Å²) in [5.74, 6) is 0. The van der Waals surface area contributed by atoms with Gasteiger partial charge in [-0.3, -0.25) is 4.18 Å². The lowest BCUT2D eigenvalue weighted by Gasteiger charge is -2.35. The van der Waals surface area contributed by atoms with E-state index < -0.39 is 33.4 Å². The first-order valence-corrected chi connectivity index (χ1v) is 8.59. The molecule has 0 atom stereocenters. The largest absolute Gasteiger partial charge is 0.523 e. The third kappa shape index (κ3) is 5.83. The molecule has 0 radical (unpaired) electrons. The van der Waals surface area contributed by atoms with Gasteiger partial charge in [0.1, 0.15) is 5.60 Å². The van der Waals surface area contributed by atoms with Crippen molar-refractivity contribution in [3.63, 3.8) is 0 Å². The Bertz CT molecular complexity index is 519. The maximum absolute atomic E-state index is 12.3. The zero-order valence-electron chi connectivity index (χ0n) is 13.5. The smallest absolute Gasteiger partial charge is 0.444 e. The van der Waals surface area contributed by atoms with E-state index in [9.17, 15) is 26.4 Å². The van der Waals surface area contributed by atoms with Crippen molar-refractivity contribution in [2.45, 2.75) is 69.7 Å². The van der Waals surface area contributed by atoms with Crippen molar-refractivity contribution in [2.24, 2.45) is 0 Å². The molecule has 1 aliphatic rings. The second kappa shape index (κ2) is 6.84. The average molecular weight is 361 g/mol. The number of ether oxygens (including phenoxy) is 1. The molecule has 1 aliphatic carbocycles. The van der Waals surface area contributed by atoms with Crippen LogP contribution in [0.1, 0.15) is 46.5 Å². The molecule has 1 amide bonds. The van der Waals surface area contributed by atoms with Gasteiger partial charge in [-0.15, -0.1) is 0 Å². The molecule has 23 heavy (non-hydrogen) atoms. The van der Waals surface area contributed by atoms with Gasteiger partial charge in [-0.05, 0) is 46.5 Å². The number of amides is 1. The summed E-state index contributed by atoms with van der Waals surface area (Å²) in [6.07, 6.45) is -0.628. The van der Waals surface area contributed by atoms with Crippen LogP contribution in [0.4, 0.5) is 18.0 Å². The highest BCUT2D eigenvalue weighted by atomic mass is 32.2. The summed E-state index contributed by atoms with van der Waals surface area (Å²) < 4.78 is 68.2. The van der Waals surface area contributed by atoms with Crippen LogP contribution in [0.2, 0.25) is 0 Å². The molecular weight excluding hydrogens is 339 g/mol. The van der Waals surface area contributed by atoms with Gasteiger partial charge in [0.05, 0.1) is 6.10 Å². The molecule has 0 N–H and O–H groups in total. The van der Waals surface area contributed by atoms with Crippen LogP contribution >= 0.6 is 0 Å². The minimum Gasteiger partial charge on any atom is -0.444 e. The zero-order valence-corrected chi connectivity index (χ0v) is 14.3. The van der Waals surface area contributed by atoms with Crippen molar-refractivity contribution in [1.29, 1.82) is 0 Å². The van der Waals surface area contributed by atoms with E-state index in [0.29, 0.717) is 12.8 Å². The summed E-state index contributed by atoms with van der Waals surface area (Å²) in [7, 11) is -4.03. The highest BCUT2D eigenvalue weighted by molar-refractivity contribution is 7.87. The second-order valence-electron chi connectivity index (χ2n) is 6.52. The number of rotatable bonds is 3. The van der Waals surface area contributed by atoms with E-state index in [1.165, 1.54) is 4.90 Å². The summed E-state index contributed by atoms with van der Waals surface area (Å²) in [6.45, 7) is 5.18. The van der Waals surface area contributed by atoms with Crippen LogP contribution in [0.15, 0.2) is 0 Å². The maximum Gasteiger partial charge on any atom is 0.523 e. The minimum absolute atomic E-state index is 0.118. The molecule has 0 heterocycles. The molecule has 10 heteroatoms. The summed E-state index contributed by atoms with van der Waals surface area (Å²) in [4.78, 5) is 13.3. The molecule has 1 rings (SSSR count). The Kier molecular flexibility index (Phi) is 5.95. The number of carbonyl (C=O) groups is 1. The zero-order chi connectivity index (χ0) is 18.1. The summed E-state index contributed by atoms with van der Waals surface area (Å²) in [5, 5.41) is 0. The van der Waals surface area contributed by atoms with E-state index in [-0.39, 0.29) is 18.9 Å². The number of carbonyl (C=O) groups excluding carboxylic acids is 1. The van der Waals surface area contributed by atoms with E-state index in [1.54, 1.807) is 27.8 Å². The second-order valence-corrected chi connectivity index (χ2v) is 8.08. The third-order valence-corrected chi connectivity index (χ3v) is 4.51. The van der Waals surface area contributed by atoms with Gasteiger partial charge < -0.3 is 9.64 Å². The Morgan fingerprint density at radius 2 is 1.57 bits per heavy atom. The van der Waals surface area contributed by atoms with Crippen molar-refractivity contribution >= 4 is 16.2 Å². The van der Waals surface area contributed by atoms with E-state index in [0.717, 1.165) is 0 Å². The lowest BCUT2D eigenvalue weighted by atomic mass is 9.92. The van der Waals surface area contributed by atoms with E-state index in [1.807, 2.05) is 0 Å². The quantitative estimate of drug-likeness (QED) is 0.571. The molecule has 0 unspecified atom stereocenters. The van der Waals surface area contributed by atoms with Crippen molar-refractivity contribution in [2.75, 3.05) is 7.05 Å². The summed E-state index contributed by atoms with van der Waals surface area (Å²) >= 11 is 0. The number of nitrogens with zero attached hydrogens (tertiary/aromatic N) is 1. The van der Waals surface area contributed by atoms with Gasteiger partial charge in [0.2, 0.25) is 0 Å². The minimum atomic E-state index is -5.58. The van der Waals surface area contributed by atoms with E-state index in [4.69, 9.17) is 4.74 Å². The Balaban J connectivity index is 2.54. The van der Waals surface area contributed by atoms with Gasteiger partial charge in [-0.2, -0.15) is 21.6 Å². The standard InChI is InChI=1S/C13H22F3NO5S/c1-12(2,3)21-11(18)17(4)9-5-7-10(8-6-9)22-23(19,20)13(14,15)16/h9-10H,5-8H2,1-4H3. The Labute approximate surface area is 134 Å². The lowest BCUT2D eigenvalue weighted by molar-refractivity contribution is -0.0592. The third-order valence-electron chi connectivity index (χ3n) is 3.42. The van der Waals surface area contributed by atoms with Gasteiger partial charge >= 0.3 is 21.7 Å². The molecule has 1 fully saturated rings. The Morgan fingerprint density at radius 3 is 1.96 bits per heavy atom. The lowest BCUT2D eigenvalue weighted by Crippen LogP contribution is -2.43. The topological polar surface area (TPSA) is 72.9 Å². The number of hydrogen-bond donors (Lipinski definition) is 0. The van der Waals surface area contributed by atoms with Crippen LogP contribution in [0.5, 0.6) is 0 Å². The van der Waals surface area contributed by atoms with E-state index >= 15 is 0 Å². The monoisotopic (exact) mass is 361 g/mol. The van der Waals surface area contributed by atoms with Crippen LogP contribution in [0.3, 0.4) is 0 Å². The fraction of sp³-hybridized carbons (Fsp3) is 0.923. The van der Waals surface area contributed by atoms with Crippen LogP contribution in [-0.4, -0.2) is 49.7 Å². The molecule has 0 aliphatic heterocycles. The molecule has 0 saturated heterocycles. The fourth-order valence-corrected chi connectivity index (χ4v) is 2.91. The Hall–Kier alpha value is -1.03. The normalized spacial score (nSPS) is 23.4. The maximum atomic E-state index is 12.3. The first-order chi connectivity index (χ1) is 10.2. The highest BCUT2D eigenvalue weighted by Gasteiger charge is 2.49. The average Bonchev–Trinajstić information content (AvgIpc) is 2.35. The predicted octanol–water partition coefficient (Wildman–Crippen LogP) is 3.03. The molecule has 1 saturated carbocycles. The summed E-state index contributed by atoms with van der Waals surface area (Å²) in [6, 6.07) is -0.224. The molecule has 6 nitrogen and oxygen atoms in total. The predicted molar refractivity (Wildman–Crippen MR) is 76.1 cm³/mol. The van der Waals surface area contributed by atoms with Gasteiger partial charge in [0.25, 0.3) is 0 Å². The summed E-state index contributed by atoms with van der Waals surface area (Å²) in [5.41, 5.74) is -6.07. The molecule has 0 aromatic carbocycles. The SMILES string of the molecule is CN(C(=O)OC(C)(C)C)C1CCC(OS(=O)(=O)C(F)(F)F)CC1. The van der Waals surface area contributed by atoms with Gasteiger partial charge in [-0.1, -0.05) is 0 Å². The first-order valence-electron chi connectivity index (χ1n) is 7.18. The molecule has 136 valence electrons. The molecule has 0 aromatic rings. The van der Waals surface area contributed by atoms with Crippen LogP contribution in [0, 0.1) is 0 Å². The van der Waals surface area contributed by atoms with E-state index in [2.05, 4.69) is 4.18 Å². The fourth-order valence-electron chi connectivity index (χ4n) is 2.25. The Morgan fingerprint density at radius 1 is 1.09 bits per heavy atom. The van der Waals surface area contributed by atoms with Crippen LogP contribution in [-0.2, 0) is 19.0 Å². The van der Waals surface area contributed by atoms with Crippen molar-refractivity contribution < 1.29 is 35.3 Å². The van der Waals surface area contributed by atoms with Crippen LogP contribution in [0.25, 0.3) is 0 Å². The van der Waals surface area contributed by atoms with Gasteiger partial charge in [0, 0.05) is 13.1 Å². The van der Waals surface area contributed by atoms with Gasteiger partial charge in [-0.25, -0.2) is 4.79 Å². The number of halogens is 3. The number of hydrogen-bond acceptors (Lipinski definition) is 5. The van der Waals surface area contributed by atoms with Crippen molar-refractivity contribution in [3.05, 3.63) is 0 Å². The first kappa shape index (κ1) is 20.0.